The van der Waals surface area contributed by atoms with Gasteiger partial charge >= 0.3 is 0 Å². The van der Waals surface area contributed by atoms with Gasteiger partial charge in [0, 0.05) is 0 Å². The summed E-state index contributed by atoms with van der Waals surface area (Å²) in [6.45, 7) is 3.47. The molecular weight excluding hydrogens is 883 g/mol. The van der Waals surface area contributed by atoms with Gasteiger partial charge in [0.1, 0.15) is 36.6 Å². The zero-order chi connectivity index (χ0) is 51.1. The molecule has 0 aliphatic carbocycles. The lowest BCUT2D eigenvalue weighted by molar-refractivity contribution is -0.303. The SMILES string of the molecule is CCCCCCCCCC/C=C\CCCCCCCCC(O)C(=O)NC(COC1OC(CO)C(O)C(O)C1O)C(O)C(O)CCC/C=C/CCCCCCCCCCCCCCCCCCCCCC. The molecule has 1 aliphatic heterocycles. The number of hydrogen-bond donors (Lipinski definition) is 8. The fraction of sp³-hybridized carbons (Fsp3) is 0.915. The molecule has 1 fully saturated rings. The molecular formula is C59H113NO10. The third-order valence-corrected chi connectivity index (χ3v) is 14.5. The minimum Gasteiger partial charge on any atom is -0.394 e. The van der Waals surface area contributed by atoms with Crippen LogP contribution in [0.2, 0.25) is 0 Å². The Balaban J connectivity index is 2.31. The zero-order valence-corrected chi connectivity index (χ0v) is 45.3. The molecule has 9 unspecified atom stereocenters. The summed E-state index contributed by atoms with van der Waals surface area (Å²) in [6.07, 6.45) is 46.7. The van der Waals surface area contributed by atoms with Crippen LogP contribution in [0.4, 0.5) is 0 Å². The quantitative estimate of drug-likeness (QED) is 0.0215. The number of hydrogen-bond acceptors (Lipinski definition) is 10. The molecule has 8 N–H and O–H groups in total. The van der Waals surface area contributed by atoms with E-state index in [4.69, 9.17) is 9.47 Å². The van der Waals surface area contributed by atoms with Crippen LogP contribution < -0.4 is 5.32 Å². The van der Waals surface area contributed by atoms with Crippen molar-refractivity contribution in [2.45, 2.75) is 332 Å². The summed E-state index contributed by atoms with van der Waals surface area (Å²) >= 11 is 0. The Bertz CT molecular complexity index is 1190. The summed E-state index contributed by atoms with van der Waals surface area (Å²) in [6, 6.07) is -1.19. The fourth-order valence-corrected chi connectivity index (χ4v) is 9.61. The zero-order valence-electron chi connectivity index (χ0n) is 45.3. The normalized spacial score (nSPS) is 20.4. The van der Waals surface area contributed by atoms with E-state index in [-0.39, 0.29) is 12.8 Å². The minimum atomic E-state index is -1.67. The van der Waals surface area contributed by atoms with Gasteiger partial charge in [0.2, 0.25) is 5.91 Å². The highest BCUT2D eigenvalue weighted by atomic mass is 16.7. The highest BCUT2D eigenvalue weighted by Crippen LogP contribution is 2.23. The first-order valence-corrected chi connectivity index (χ1v) is 29.7. The number of ether oxygens (including phenoxy) is 2. The predicted octanol–water partition coefficient (Wildman–Crippen LogP) is 12.5. The highest BCUT2D eigenvalue weighted by molar-refractivity contribution is 5.80. The number of rotatable bonds is 51. The molecule has 0 aromatic rings. The largest absolute Gasteiger partial charge is 0.394 e. The molecule has 9 atom stereocenters. The molecule has 1 saturated heterocycles. The third-order valence-electron chi connectivity index (χ3n) is 14.5. The van der Waals surface area contributed by atoms with Crippen LogP contribution in [0.25, 0.3) is 0 Å². The van der Waals surface area contributed by atoms with E-state index >= 15 is 0 Å². The summed E-state index contributed by atoms with van der Waals surface area (Å²) in [4.78, 5) is 13.2. The maximum atomic E-state index is 13.2. The Kier molecular flexibility index (Phi) is 46.2. The van der Waals surface area contributed by atoms with Gasteiger partial charge in [-0.05, 0) is 64.2 Å². The Morgan fingerprint density at radius 1 is 0.486 bits per heavy atom. The molecule has 1 aliphatic rings. The maximum absolute atomic E-state index is 13.2. The van der Waals surface area contributed by atoms with Gasteiger partial charge < -0.3 is 50.5 Å². The monoisotopic (exact) mass is 996 g/mol. The van der Waals surface area contributed by atoms with E-state index in [1.54, 1.807) is 0 Å². The summed E-state index contributed by atoms with van der Waals surface area (Å²) in [5, 5.41) is 76.1. The molecule has 0 aromatic heterocycles. The van der Waals surface area contributed by atoms with Gasteiger partial charge in [0.25, 0.3) is 0 Å². The predicted molar refractivity (Wildman–Crippen MR) is 289 cm³/mol. The fourth-order valence-electron chi connectivity index (χ4n) is 9.61. The van der Waals surface area contributed by atoms with Gasteiger partial charge in [0.05, 0.1) is 25.4 Å². The number of nitrogens with one attached hydrogen (secondary N) is 1. The van der Waals surface area contributed by atoms with Crippen molar-refractivity contribution in [2.24, 2.45) is 0 Å². The Hall–Kier alpha value is -1.41. The van der Waals surface area contributed by atoms with Gasteiger partial charge in [-0.3, -0.25) is 4.79 Å². The first-order chi connectivity index (χ1) is 34.2. The van der Waals surface area contributed by atoms with E-state index in [0.717, 1.165) is 57.8 Å². The van der Waals surface area contributed by atoms with Gasteiger partial charge in [-0.1, -0.05) is 237 Å². The number of aliphatic hydroxyl groups excluding tert-OH is 7. The average Bonchev–Trinajstić information content (AvgIpc) is 3.36. The summed E-state index contributed by atoms with van der Waals surface area (Å²) in [7, 11) is 0. The number of carbonyl (C=O) groups excluding carboxylic acids is 1. The smallest absolute Gasteiger partial charge is 0.249 e. The van der Waals surface area contributed by atoms with Crippen molar-refractivity contribution in [3.63, 3.8) is 0 Å². The molecule has 0 spiro atoms. The molecule has 414 valence electrons. The maximum Gasteiger partial charge on any atom is 0.249 e. The molecule has 1 amide bonds. The van der Waals surface area contributed by atoms with Crippen molar-refractivity contribution in [2.75, 3.05) is 13.2 Å². The molecule has 0 aromatic carbocycles. The molecule has 11 nitrogen and oxygen atoms in total. The van der Waals surface area contributed by atoms with Crippen LogP contribution in [-0.2, 0) is 14.3 Å². The number of allylic oxidation sites excluding steroid dienone is 4. The summed E-state index contributed by atoms with van der Waals surface area (Å²) in [5.74, 6) is -0.708. The van der Waals surface area contributed by atoms with Crippen molar-refractivity contribution in [3.05, 3.63) is 24.3 Å². The molecule has 1 rings (SSSR count). The number of aliphatic hydroxyl groups is 7. The van der Waals surface area contributed by atoms with Crippen molar-refractivity contribution >= 4 is 5.91 Å². The highest BCUT2D eigenvalue weighted by Gasteiger charge is 2.44. The second-order valence-corrected chi connectivity index (χ2v) is 21.1. The average molecular weight is 997 g/mol. The van der Waals surface area contributed by atoms with E-state index in [0.29, 0.717) is 12.8 Å². The third kappa shape index (κ3) is 36.5. The Morgan fingerprint density at radius 2 is 0.843 bits per heavy atom. The van der Waals surface area contributed by atoms with Crippen LogP contribution in [0.3, 0.4) is 0 Å². The van der Waals surface area contributed by atoms with E-state index in [1.807, 2.05) is 0 Å². The lowest BCUT2D eigenvalue weighted by atomic mass is 9.98. The van der Waals surface area contributed by atoms with Crippen LogP contribution in [0.15, 0.2) is 24.3 Å². The van der Waals surface area contributed by atoms with Gasteiger partial charge in [-0.25, -0.2) is 0 Å². The van der Waals surface area contributed by atoms with Crippen LogP contribution >= 0.6 is 0 Å². The van der Waals surface area contributed by atoms with Crippen LogP contribution in [0, 0.1) is 0 Å². The van der Waals surface area contributed by atoms with Gasteiger partial charge in [0.15, 0.2) is 6.29 Å². The minimum absolute atomic E-state index is 0.248. The van der Waals surface area contributed by atoms with Crippen LogP contribution in [0.1, 0.15) is 277 Å². The van der Waals surface area contributed by atoms with Gasteiger partial charge in [-0.2, -0.15) is 0 Å². The summed E-state index contributed by atoms with van der Waals surface area (Å²) < 4.78 is 11.1. The van der Waals surface area contributed by atoms with Crippen molar-refractivity contribution < 1.29 is 50.0 Å². The van der Waals surface area contributed by atoms with E-state index in [9.17, 15) is 40.5 Å². The Morgan fingerprint density at radius 3 is 1.23 bits per heavy atom. The van der Waals surface area contributed by atoms with Crippen molar-refractivity contribution in [1.82, 2.24) is 5.32 Å². The molecule has 1 heterocycles. The van der Waals surface area contributed by atoms with Crippen LogP contribution in [0.5, 0.6) is 0 Å². The van der Waals surface area contributed by atoms with Crippen molar-refractivity contribution in [1.29, 1.82) is 0 Å². The molecule has 11 heteroatoms. The standard InChI is InChI=1S/C59H113NO10/c1-3-5-7-9-11-13-15-17-19-21-23-24-25-26-27-28-29-31-32-34-36-38-40-42-44-46-51(62)54(64)50(49-69-59-57(67)56(66)55(65)53(48-61)70-59)60-58(68)52(63)47-45-43-41-39-37-35-33-30-22-20-18-16-14-12-10-8-6-4-2/h22,30,38,40,50-57,59,61-67H,3-21,23-29,31-37,39,41-49H2,1-2H3,(H,60,68)/b30-22-,40-38+. The molecule has 0 bridgehead atoms. The topological polar surface area (TPSA) is 189 Å². The van der Waals surface area contributed by atoms with Crippen molar-refractivity contribution in [3.8, 4) is 0 Å². The Labute approximate surface area is 429 Å². The number of carbonyl (C=O) groups is 1. The molecule has 0 saturated carbocycles. The first-order valence-electron chi connectivity index (χ1n) is 29.7. The second kappa shape index (κ2) is 48.5. The second-order valence-electron chi connectivity index (χ2n) is 21.1. The molecule has 0 radical (unpaired) electrons. The van der Waals surface area contributed by atoms with E-state index < -0.39 is 74.2 Å². The lowest BCUT2D eigenvalue weighted by Crippen LogP contribution is -2.60. The van der Waals surface area contributed by atoms with E-state index in [1.165, 1.54) is 180 Å². The number of unbranched alkanes of at least 4 members (excludes halogenated alkanes) is 35. The van der Waals surface area contributed by atoms with Crippen LogP contribution in [-0.4, -0.2) is 110 Å². The lowest BCUT2D eigenvalue weighted by Gasteiger charge is -2.40. The molecule has 70 heavy (non-hydrogen) atoms. The van der Waals surface area contributed by atoms with Gasteiger partial charge in [-0.15, -0.1) is 0 Å². The van der Waals surface area contributed by atoms with E-state index in [2.05, 4.69) is 43.5 Å². The first kappa shape index (κ1) is 66.6. The number of amides is 1. The summed E-state index contributed by atoms with van der Waals surface area (Å²) in [5.41, 5.74) is 0.